The standard InChI is InChI=1S/C24H28ClN7O/c1-14-29-20(31-22(27-2)30-14)9-19-24(32-19)13-23(24)7-3-4-16(10-23)21(33)28-12-17-6-5-15(11-26)8-18(17)25/h5-6,8,16,19,32H,3-4,7,9-10,12-13H2,1-2H3,(H,28,33)(H,27,29,30,31)/t16-,19?,23-,24-/m0/s1. The van der Waals surface area contributed by atoms with Crippen LogP contribution < -0.4 is 16.0 Å². The molecule has 1 saturated heterocycles. The Morgan fingerprint density at radius 1 is 1.36 bits per heavy atom. The van der Waals surface area contributed by atoms with Gasteiger partial charge in [-0.05, 0) is 55.7 Å². The van der Waals surface area contributed by atoms with E-state index in [-0.39, 0.29) is 22.8 Å². The normalized spacial score (nSPS) is 29.5. The number of aryl methyl sites for hydroxylation is 1. The summed E-state index contributed by atoms with van der Waals surface area (Å²) in [6.07, 6.45) is 5.99. The van der Waals surface area contributed by atoms with Crippen LogP contribution in [0, 0.1) is 29.6 Å². The van der Waals surface area contributed by atoms with E-state index < -0.39 is 0 Å². The minimum atomic E-state index is 0.0219. The van der Waals surface area contributed by atoms with Gasteiger partial charge in [-0.15, -0.1) is 0 Å². The van der Waals surface area contributed by atoms with E-state index in [1.54, 1.807) is 18.2 Å². The molecule has 8 nitrogen and oxygen atoms in total. The van der Waals surface area contributed by atoms with Crippen molar-refractivity contribution in [3.8, 4) is 6.07 Å². The number of fused-ring (bicyclic) bond motifs is 1. The molecule has 172 valence electrons. The van der Waals surface area contributed by atoms with E-state index in [0.717, 1.165) is 49.3 Å². The molecule has 5 rings (SSSR count). The molecule has 9 heteroatoms. The third-order valence-corrected chi connectivity index (χ3v) is 7.99. The number of benzene rings is 1. The van der Waals surface area contributed by atoms with Crippen molar-refractivity contribution in [2.45, 2.75) is 63.6 Å². The smallest absolute Gasteiger partial charge is 0.225 e. The molecule has 1 aromatic carbocycles. The highest BCUT2D eigenvalue weighted by molar-refractivity contribution is 6.31. The van der Waals surface area contributed by atoms with Crippen LogP contribution >= 0.6 is 11.6 Å². The molecule has 3 N–H and O–H groups in total. The minimum Gasteiger partial charge on any atom is -0.357 e. The zero-order valence-corrected chi connectivity index (χ0v) is 19.7. The van der Waals surface area contributed by atoms with Crippen molar-refractivity contribution >= 4 is 23.5 Å². The number of carbonyl (C=O) groups is 1. The van der Waals surface area contributed by atoms with E-state index in [4.69, 9.17) is 16.9 Å². The van der Waals surface area contributed by atoms with Crippen molar-refractivity contribution in [1.82, 2.24) is 25.6 Å². The molecule has 4 atom stereocenters. The lowest BCUT2D eigenvalue weighted by Gasteiger charge is -2.29. The molecule has 0 bridgehead atoms. The van der Waals surface area contributed by atoms with Crippen molar-refractivity contribution in [3.05, 3.63) is 46.0 Å². The number of rotatable bonds is 6. The fraction of sp³-hybridized carbons (Fsp3) is 0.542. The molecule has 1 aromatic heterocycles. The van der Waals surface area contributed by atoms with Crippen LogP contribution in [0.4, 0.5) is 5.95 Å². The van der Waals surface area contributed by atoms with Gasteiger partial charge in [0.1, 0.15) is 11.6 Å². The fourth-order valence-electron chi connectivity index (χ4n) is 5.84. The average molecular weight is 466 g/mol. The first kappa shape index (κ1) is 22.1. The molecule has 1 unspecified atom stereocenters. The number of anilines is 1. The van der Waals surface area contributed by atoms with Gasteiger partial charge in [0.25, 0.3) is 0 Å². The summed E-state index contributed by atoms with van der Waals surface area (Å²) in [4.78, 5) is 26.3. The van der Waals surface area contributed by atoms with E-state index in [9.17, 15) is 4.79 Å². The second-order valence-corrected chi connectivity index (χ2v) is 10.0. The number of aromatic nitrogens is 3. The molecule has 2 heterocycles. The predicted molar refractivity (Wildman–Crippen MR) is 124 cm³/mol. The van der Waals surface area contributed by atoms with Gasteiger partial charge in [-0.3, -0.25) is 4.79 Å². The van der Waals surface area contributed by atoms with Crippen LogP contribution in [0.1, 0.15) is 54.9 Å². The van der Waals surface area contributed by atoms with E-state index in [2.05, 4.69) is 37.0 Å². The van der Waals surface area contributed by atoms with Gasteiger partial charge in [-0.1, -0.05) is 24.1 Å². The number of amides is 1. The molecule has 2 spiro atoms. The first-order valence-corrected chi connectivity index (χ1v) is 11.9. The Morgan fingerprint density at radius 3 is 2.97 bits per heavy atom. The number of halogens is 1. The van der Waals surface area contributed by atoms with Crippen LogP contribution in [-0.2, 0) is 17.8 Å². The van der Waals surface area contributed by atoms with Crippen molar-refractivity contribution < 1.29 is 4.79 Å². The van der Waals surface area contributed by atoms with Crippen molar-refractivity contribution in [2.24, 2.45) is 11.3 Å². The molecule has 3 fully saturated rings. The number of carbonyl (C=O) groups excluding carboxylic acids is 1. The summed E-state index contributed by atoms with van der Waals surface area (Å²) in [5.74, 6) is 2.26. The van der Waals surface area contributed by atoms with Gasteiger partial charge in [0.05, 0.1) is 11.6 Å². The fourth-order valence-corrected chi connectivity index (χ4v) is 6.09. The third kappa shape index (κ3) is 4.04. The Morgan fingerprint density at radius 2 is 2.21 bits per heavy atom. The highest BCUT2D eigenvalue weighted by atomic mass is 35.5. The van der Waals surface area contributed by atoms with Crippen LogP contribution in [-0.4, -0.2) is 39.5 Å². The summed E-state index contributed by atoms with van der Waals surface area (Å²) in [7, 11) is 1.81. The van der Waals surface area contributed by atoms with Crippen molar-refractivity contribution in [2.75, 3.05) is 12.4 Å². The number of nitriles is 1. The van der Waals surface area contributed by atoms with Gasteiger partial charge in [-0.25, -0.2) is 4.98 Å². The molecular weight excluding hydrogens is 438 g/mol. The molecule has 2 aromatic rings. The maximum Gasteiger partial charge on any atom is 0.225 e. The quantitative estimate of drug-likeness (QED) is 0.560. The average Bonchev–Trinajstić information content (AvgIpc) is 3.66. The van der Waals surface area contributed by atoms with E-state index in [1.807, 2.05) is 14.0 Å². The minimum absolute atomic E-state index is 0.0219. The van der Waals surface area contributed by atoms with Crippen LogP contribution in [0.25, 0.3) is 0 Å². The molecule has 33 heavy (non-hydrogen) atoms. The van der Waals surface area contributed by atoms with Gasteiger partial charge in [-0.2, -0.15) is 15.2 Å². The van der Waals surface area contributed by atoms with Crippen molar-refractivity contribution in [3.63, 3.8) is 0 Å². The SMILES string of the molecule is CNc1nc(C)nc(CC2N[C@@]23C[C@@]32CCC[C@H](C(=O)NCc3ccc(C#N)cc3Cl)C2)n1. The first-order valence-electron chi connectivity index (χ1n) is 11.5. The van der Waals surface area contributed by atoms with Crippen LogP contribution in [0.15, 0.2) is 18.2 Å². The van der Waals surface area contributed by atoms with Crippen molar-refractivity contribution in [1.29, 1.82) is 5.26 Å². The summed E-state index contributed by atoms with van der Waals surface area (Å²) >= 11 is 6.26. The Balaban J connectivity index is 1.18. The van der Waals surface area contributed by atoms with E-state index in [1.165, 1.54) is 6.42 Å². The summed E-state index contributed by atoms with van der Waals surface area (Å²) in [5, 5.41) is 19.3. The Labute approximate surface area is 198 Å². The molecule has 2 aliphatic carbocycles. The highest BCUT2D eigenvalue weighted by Crippen LogP contribution is 2.72. The molecular formula is C24H28ClN7O. The van der Waals surface area contributed by atoms with Gasteiger partial charge in [0.15, 0.2) is 0 Å². The molecule has 2 saturated carbocycles. The third-order valence-electron chi connectivity index (χ3n) is 7.64. The molecule has 1 amide bonds. The second kappa shape index (κ2) is 8.23. The summed E-state index contributed by atoms with van der Waals surface area (Å²) in [5.41, 5.74) is 1.69. The zero-order chi connectivity index (χ0) is 23.2. The molecule has 3 aliphatic rings. The van der Waals surface area contributed by atoms with Crippen LogP contribution in [0.2, 0.25) is 5.02 Å². The Hall–Kier alpha value is -2.76. The monoisotopic (exact) mass is 465 g/mol. The van der Waals surface area contributed by atoms with Crippen LogP contribution in [0.3, 0.4) is 0 Å². The number of nitrogens with zero attached hydrogens (tertiary/aromatic N) is 4. The number of hydrogen-bond donors (Lipinski definition) is 3. The zero-order valence-electron chi connectivity index (χ0n) is 18.9. The summed E-state index contributed by atoms with van der Waals surface area (Å²) in [6.45, 7) is 2.27. The highest BCUT2D eigenvalue weighted by Gasteiger charge is 2.79. The lowest BCUT2D eigenvalue weighted by molar-refractivity contribution is -0.126. The van der Waals surface area contributed by atoms with Gasteiger partial charge in [0, 0.05) is 42.5 Å². The number of hydrogen-bond acceptors (Lipinski definition) is 7. The molecule has 1 aliphatic heterocycles. The predicted octanol–water partition coefficient (Wildman–Crippen LogP) is 2.90. The largest absolute Gasteiger partial charge is 0.357 e. The van der Waals surface area contributed by atoms with E-state index >= 15 is 0 Å². The van der Waals surface area contributed by atoms with Gasteiger partial charge in [0.2, 0.25) is 11.9 Å². The molecule has 0 radical (unpaired) electrons. The second-order valence-electron chi connectivity index (χ2n) is 9.63. The van der Waals surface area contributed by atoms with Gasteiger partial charge >= 0.3 is 0 Å². The Bertz CT molecular complexity index is 1150. The number of nitrogens with one attached hydrogen (secondary N) is 3. The first-order chi connectivity index (χ1) is 15.9. The lowest BCUT2D eigenvalue weighted by Crippen LogP contribution is -2.35. The van der Waals surface area contributed by atoms with Crippen LogP contribution in [0.5, 0.6) is 0 Å². The maximum atomic E-state index is 13.0. The summed E-state index contributed by atoms with van der Waals surface area (Å²) in [6, 6.07) is 7.61. The summed E-state index contributed by atoms with van der Waals surface area (Å²) < 4.78 is 0. The van der Waals surface area contributed by atoms with E-state index in [0.29, 0.717) is 29.1 Å². The topological polar surface area (TPSA) is 126 Å². The Kier molecular flexibility index (Phi) is 5.50. The van der Waals surface area contributed by atoms with Gasteiger partial charge < -0.3 is 16.0 Å². The maximum absolute atomic E-state index is 13.0. The lowest BCUT2D eigenvalue weighted by atomic mass is 9.76.